The first-order chi connectivity index (χ1) is 12.1. The largest absolute Gasteiger partial charge is 0.333 e. The number of nitrogens with one attached hydrogen (secondary N) is 2. The molecule has 3 rings (SSSR count). The molecule has 130 valence electrons. The molecule has 0 unspecified atom stereocenters. The standard InChI is InChI=1S/C19H20ClN3O2/c1-2-13-5-3-4-6-17(13)22-19(25)21-15-11-18(24)23(12-15)16-9-7-14(20)8-10-16/h3-10,15H,2,11-12H2,1H3,(H2,21,22,25)/t15-/m1/s1. The van der Waals surface area contributed by atoms with Gasteiger partial charge < -0.3 is 15.5 Å². The van der Waals surface area contributed by atoms with Gasteiger partial charge in [0, 0.05) is 29.4 Å². The van der Waals surface area contributed by atoms with Crippen molar-refractivity contribution in [3.63, 3.8) is 0 Å². The normalized spacial score (nSPS) is 16.8. The van der Waals surface area contributed by atoms with E-state index in [0.29, 0.717) is 11.6 Å². The summed E-state index contributed by atoms with van der Waals surface area (Å²) in [5.41, 5.74) is 2.65. The molecule has 1 aliphatic heterocycles. The molecule has 1 aliphatic rings. The zero-order valence-corrected chi connectivity index (χ0v) is 14.7. The van der Waals surface area contributed by atoms with E-state index in [0.717, 1.165) is 23.4 Å². The fourth-order valence-corrected chi connectivity index (χ4v) is 3.10. The number of anilines is 2. The van der Waals surface area contributed by atoms with Crippen LogP contribution in [0.15, 0.2) is 48.5 Å². The number of benzene rings is 2. The minimum absolute atomic E-state index is 0.0124. The van der Waals surface area contributed by atoms with Crippen molar-refractivity contribution in [2.45, 2.75) is 25.8 Å². The Morgan fingerprint density at radius 3 is 2.64 bits per heavy atom. The average molecular weight is 358 g/mol. The molecule has 1 saturated heterocycles. The predicted molar refractivity (Wildman–Crippen MR) is 100 cm³/mol. The Morgan fingerprint density at radius 2 is 1.92 bits per heavy atom. The number of hydrogen-bond donors (Lipinski definition) is 2. The van der Waals surface area contributed by atoms with E-state index < -0.39 is 0 Å². The molecule has 0 bridgehead atoms. The Kier molecular flexibility index (Phi) is 5.24. The van der Waals surface area contributed by atoms with Gasteiger partial charge in [-0.2, -0.15) is 0 Å². The Morgan fingerprint density at radius 1 is 1.20 bits per heavy atom. The summed E-state index contributed by atoms with van der Waals surface area (Å²) in [4.78, 5) is 26.2. The second-order valence-corrected chi connectivity index (χ2v) is 6.43. The van der Waals surface area contributed by atoms with Gasteiger partial charge in [-0.1, -0.05) is 36.7 Å². The molecule has 0 saturated carbocycles. The Balaban J connectivity index is 1.61. The van der Waals surface area contributed by atoms with E-state index in [1.54, 1.807) is 29.2 Å². The molecule has 3 amide bonds. The molecule has 1 atom stereocenters. The van der Waals surface area contributed by atoms with Gasteiger partial charge in [-0.25, -0.2) is 4.79 Å². The molecular formula is C19H20ClN3O2. The van der Waals surface area contributed by atoms with Crippen LogP contribution in [-0.4, -0.2) is 24.5 Å². The molecule has 0 aliphatic carbocycles. The van der Waals surface area contributed by atoms with Crippen molar-refractivity contribution < 1.29 is 9.59 Å². The van der Waals surface area contributed by atoms with Crippen molar-refractivity contribution in [1.29, 1.82) is 0 Å². The highest BCUT2D eigenvalue weighted by Gasteiger charge is 2.31. The summed E-state index contributed by atoms with van der Waals surface area (Å²) in [6.07, 6.45) is 1.12. The zero-order valence-electron chi connectivity index (χ0n) is 14.0. The van der Waals surface area contributed by atoms with Crippen LogP contribution in [0.1, 0.15) is 18.9 Å². The van der Waals surface area contributed by atoms with Crippen molar-refractivity contribution in [2.24, 2.45) is 0 Å². The van der Waals surface area contributed by atoms with Crippen LogP contribution in [-0.2, 0) is 11.2 Å². The highest BCUT2D eigenvalue weighted by atomic mass is 35.5. The smallest absolute Gasteiger partial charge is 0.319 e. The van der Waals surface area contributed by atoms with E-state index in [-0.39, 0.29) is 24.4 Å². The molecule has 1 fully saturated rings. The molecule has 1 heterocycles. The molecule has 0 radical (unpaired) electrons. The molecular weight excluding hydrogens is 338 g/mol. The second-order valence-electron chi connectivity index (χ2n) is 5.99. The summed E-state index contributed by atoms with van der Waals surface area (Å²) in [6.45, 7) is 2.49. The molecule has 6 heteroatoms. The lowest BCUT2D eigenvalue weighted by molar-refractivity contribution is -0.117. The first-order valence-electron chi connectivity index (χ1n) is 8.28. The predicted octanol–water partition coefficient (Wildman–Crippen LogP) is 3.83. The van der Waals surface area contributed by atoms with Crippen molar-refractivity contribution in [3.8, 4) is 0 Å². The quantitative estimate of drug-likeness (QED) is 0.873. The van der Waals surface area contributed by atoms with Crippen LogP contribution >= 0.6 is 11.6 Å². The third-order valence-electron chi connectivity index (χ3n) is 4.25. The van der Waals surface area contributed by atoms with E-state index >= 15 is 0 Å². The van der Waals surface area contributed by atoms with Gasteiger partial charge in [0.15, 0.2) is 0 Å². The number of para-hydroxylation sites is 1. The topological polar surface area (TPSA) is 61.4 Å². The molecule has 25 heavy (non-hydrogen) atoms. The number of carbonyl (C=O) groups excluding carboxylic acids is 2. The van der Waals surface area contributed by atoms with Gasteiger partial charge in [0.2, 0.25) is 5.91 Å². The van der Waals surface area contributed by atoms with Crippen LogP contribution in [0.25, 0.3) is 0 Å². The highest BCUT2D eigenvalue weighted by molar-refractivity contribution is 6.30. The van der Waals surface area contributed by atoms with Gasteiger partial charge in [-0.05, 0) is 42.3 Å². The monoisotopic (exact) mass is 357 g/mol. The minimum atomic E-state index is -0.295. The number of amides is 3. The SMILES string of the molecule is CCc1ccccc1NC(=O)N[C@@H]1CC(=O)N(c2ccc(Cl)cc2)C1. The molecule has 2 aromatic carbocycles. The second kappa shape index (κ2) is 7.57. The first-order valence-corrected chi connectivity index (χ1v) is 8.66. The molecule has 2 N–H and O–H groups in total. The van der Waals surface area contributed by atoms with Gasteiger partial charge >= 0.3 is 6.03 Å². The van der Waals surface area contributed by atoms with E-state index in [1.807, 2.05) is 31.2 Å². The van der Waals surface area contributed by atoms with E-state index in [4.69, 9.17) is 11.6 Å². The number of rotatable bonds is 4. The maximum atomic E-state index is 12.3. The summed E-state index contributed by atoms with van der Waals surface area (Å²) < 4.78 is 0. The first kappa shape index (κ1) is 17.3. The van der Waals surface area contributed by atoms with Crippen LogP contribution in [0, 0.1) is 0 Å². The lowest BCUT2D eigenvalue weighted by atomic mass is 10.1. The van der Waals surface area contributed by atoms with Crippen LogP contribution in [0.3, 0.4) is 0 Å². The third kappa shape index (κ3) is 4.12. The number of urea groups is 1. The van der Waals surface area contributed by atoms with Crippen LogP contribution in [0.4, 0.5) is 16.2 Å². The molecule has 2 aromatic rings. The van der Waals surface area contributed by atoms with Crippen molar-refractivity contribution >= 4 is 34.9 Å². The van der Waals surface area contributed by atoms with Crippen molar-refractivity contribution in [2.75, 3.05) is 16.8 Å². The van der Waals surface area contributed by atoms with Gasteiger partial charge in [0.05, 0.1) is 6.04 Å². The summed E-state index contributed by atoms with van der Waals surface area (Å²) in [5.74, 6) is -0.0124. The summed E-state index contributed by atoms with van der Waals surface area (Å²) in [6, 6.07) is 14.3. The fourth-order valence-electron chi connectivity index (χ4n) is 2.97. The van der Waals surface area contributed by atoms with Crippen LogP contribution < -0.4 is 15.5 Å². The number of hydrogen-bond acceptors (Lipinski definition) is 2. The lowest BCUT2D eigenvalue weighted by Crippen LogP contribution is -2.39. The number of carbonyl (C=O) groups is 2. The Bertz CT molecular complexity index is 776. The van der Waals surface area contributed by atoms with E-state index in [1.165, 1.54) is 0 Å². The van der Waals surface area contributed by atoms with Gasteiger partial charge in [0.1, 0.15) is 0 Å². The van der Waals surface area contributed by atoms with Gasteiger partial charge in [0.25, 0.3) is 0 Å². The van der Waals surface area contributed by atoms with Crippen molar-refractivity contribution in [1.82, 2.24) is 5.32 Å². The average Bonchev–Trinajstić information content (AvgIpc) is 2.96. The highest BCUT2D eigenvalue weighted by Crippen LogP contribution is 2.23. The molecule has 0 aromatic heterocycles. The van der Waals surface area contributed by atoms with E-state index in [9.17, 15) is 9.59 Å². The van der Waals surface area contributed by atoms with Crippen LogP contribution in [0.2, 0.25) is 5.02 Å². The lowest BCUT2D eigenvalue weighted by Gasteiger charge is -2.18. The van der Waals surface area contributed by atoms with Gasteiger partial charge in [-0.3, -0.25) is 4.79 Å². The minimum Gasteiger partial charge on any atom is -0.333 e. The number of halogens is 1. The fraction of sp³-hybridized carbons (Fsp3) is 0.263. The zero-order chi connectivity index (χ0) is 17.8. The Hall–Kier alpha value is -2.53. The summed E-state index contributed by atoms with van der Waals surface area (Å²) >= 11 is 5.89. The number of nitrogens with zero attached hydrogens (tertiary/aromatic N) is 1. The van der Waals surface area contributed by atoms with Crippen LogP contribution in [0.5, 0.6) is 0 Å². The third-order valence-corrected chi connectivity index (χ3v) is 4.50. The summed E-state index contributed by atoms with van der Waals surface area (Å²) in [5, 5.41) is 6.37. The maximum absolute atomic E-state index is 12.3. The molecule has 5 nitrogen and oxygen atoms in total. The van der Waals surface area contributed by atoms with Gasteiger partial charge in [-0.15, -0.1) is 0 Å². The Labute approximate surface area is 152 Å². The maximum Gasteiger partial charge on any atom is 0.319 e. The van der Waals surface area contributed by atoms with E-state index in [2.05, 4.69) is 10.6 Å². The number of aryl methyl sites for hydroxylation is 1. The van der Waals surface area contributed by atoms with Crippen molar-refractivity contribution in [3.05, 3.63) is 59.1 Å². The molecule has 0 spiro atoms. The summed E-state index contributed by atoms with van der Waals surface area (Å²) in [7, 11) is 0.